The van der Waals surface area contributed by atoms with Gasteiger partial charge in [-0.25, -0.2) is 0 Å². The first-order valence-electron chi connectivity index (χ1n) is 38.4. The number of aromatic hydroxyl groups is 2. The van der Waals surface area contributed by atoms with Crippen LogP contribution in [0.1, 0.15) is 122 Å². The second-order valence-corrected chi connectivity index (χ2v) is 33.5. The van der Waals surface area contributed by atoms with Crippen LogP contribution in [0.15, 0.2) is 271 Å². The molecule has 0 aromatic heterocycles. The third kappa shape index (κ3) is 21.8. The molecule has 590 valence electrons. The molecule has 0 spiro atoms. The van der Waals surface area contributed by atoms with Crippen molar-refractivity contribution in [3.63, 3.8) is 0 Å². The standard InChI is InChI=1S/2C21H27N2.2C15H10.C14H12N2O3.C14H13NO.2ClH.2Ru/c2*1-14-9-16(3)20(17(4)10-14)22-7-8-23(13-22)21-18(5)11-15(2)12-19(21)6;2*1-2-6-12(7-3-1)15-11-10-13-8-4-5-9-14(13)15;1-10-2-4-12(5-3-10)15-9-11-8-13(16(18)19)6-7-14(11)17;1-11-6-2-4-8-13(11)15-10-12-7-3-5-9-14(12)16;;;;/h2*9-13H,7-8H2,1-6H3;2*1-9,11H;2-9,17H,1H3;2-10,16H,1H3;2*1H;;/q2*-1;;;;;;;2*+1/p-2. The van der Waals surface area contributed by atoms with E-state index in [2.05, 4.69) is 284 Å². The molecule has 2 saturated heterocycles. The van der Waals surface area contributed by atoms with Crippen LogP contribution in [-0.2, 0) is 31.4 Å². The molecule has 0 atom stereocenters. The molecule has 0 saturated carbocycles. The van der Waals surface area contributed by atoms with Gasteiger partial charge in [0.2, 0.25) is 0 Å². The van der Waals surface area contributed by atoms with Gasteiger partial charge in [-0.1, -0.05) is 119 Å². The quantitative estimate of drug-likeness (QED) is 0.0432. The van der Waals surface area contributed by atoms with Gasteiger partial charge in [-0.2, -0.15) is 13.3 Å². The van der Waals surface area contributed by atoms with Crippen molar-refractivity contribution in [1.82, 2.24) is 0 Å². The Bertz CT molecular complexity index is 5170. The van der Waals surface area contributed by atoms with Gasteiger partial charge in [0, 0.05) is 84.6 Å². The Morgan fingerprint density at radius 1 is 0.365 bits per heavy atom. The van der Waals surface area contributed by atoms with Crippen LogP contribution in [0, 0.1) is 120 Å². The molecule has 0 amide bonds. The summed E-state index contributed by atoms with van der Waals surface area (Å²) >= 11 is -0.436. The number of non-ortho nitro benzene ring substituents is 1. The zero-order chi connectivity index (χ0) is 82.0. The number of aryl methyl sites for hydroxylation is 14. The van der Waals surface area contributed by atoms with Crippen LogP contribution in [0.25, 0.3) is 11.1 Å². The van der Waals surface area contributed by atoms with E-state index in [4.69, 9.17) is 19.4 Å². The molecule has 11 nitrogen and oxygen atoms in total. The summed E-state index contributed by atoms with van der Waals surface area (Å²) in [5.74, 6) is 0.210. The first-order chi connectivity index (χ1) is 55.4. The number of nitrogens with zero attached hydrogens (tertiary/aromatic N) is 7. The van der Waals surface area contributed by atoms with Gasteiger partial charge < -0.3 is 29.8 Å². The van der Waals surface area contributed by atoms with Gasteiger partial charge in [0.05, 0.1) is 16.3 Å². The van der Waals surface area contributed by atoms with Crippen LogP contribution in [0.3, 0.4) is 0 Å². The van der Waals surface area contributed by atoms with Crippen LogP contribution in [0.5, 0.6) is 11.5 Å². The van der Waals surface area contributed by atoms with Crippen LogP contribution >= 0.6 is 19.4 Å². The number of allylic oxidation sites excluding steroid dienone is 2. The van der Waals surface area contributed by atoms with Crippen molar-refractivity contribution in [2.75, 3.05) is 45.8 Å². The third-order valence-electron chi connectivity index (χ3n) is 20.2. The predicted octanol–water partition coefficient (Wildman–Crippen LogP) is 24.6. The summed E-state index contributed by atoms with van der Waals surface area (Å²) in [4.78, 5) is 28.3. The van der Waals surface area contributed by atoms with E-state index in [1.807, 2.05) is 86.6 Å². The SMILES string of the molecule is Cc1cc(C)c(N2[CH-]N(c3c(C)cc(C)cc3C)CC2)c(C)c1.Cc1cc(C)c(N2[CH-]N(c3c(C)cc(C)cc3C)CC2)c(C)c1.Cc1ccc(N=Cc2cc([N+](=O)[O-])ccc2O)cc1.Cc1ccccc1N=Cc1ccccc1O.[Cl][Ru]=[C]1C=C(c2ccccc2)c2ccccc21.[Cl][Ru]=[C]1C=C(c2ccccc2)c2ccccc21. The van der Waals surface area contributed by atoms with Crippen LogP contribution < -0.4 is 19.6 Å². The van der Waals surface area contributed by atoms with E-state index >= 15 is 0 Å². The van der Waals surface area contributed by atoms with Crippen molar-refractivity contribution in [2.24, 2.45) is 9.98 Å². The van der Waals surface area contributed by atoms with E-state index in [0.717, 1.165) is 54.2 Å². The van der Waals surface area contributed by atoms with Crippen molar-refractivity contribution >= 4 is 91.0 Å². The van der Waals surface area contributed by atoms with Crippen LogP contribution in [0.2, 0.25) is 0 Å². The predicted molar refractivity (Wildman–Crippen MR) is 480 cm³/mol. The number of phenols is 2. The molecule has 4 aliphatic rings. The van der Waals surface area contributed by atoms with Gasteiger partial charge in [-0.15, -0.1) is 0 Å². The number of rotatable bonds is 11. The number of anilines is 4. The van der Waals surface area contributed by atoms with E-state index in [0.29, 0.717) is 5.56 Å². The Labute approximate surface area is 702 Å². The average Bonchev–Trinajstić information content (AvgIpc) is 1.81. The number of hydrogen-bond donors (Lipinski definition) is 2. The number of hydrogen-bond acceptors (Lipinski definition) is 10. The molecule has 2 aliphatic carbocycles. The van der Waals surface area contributed by atoms with Gasteiger partial charge >= 0.3 is 225 Å². The molecular weight excluding hydrogens is 1640 g/mol. The minimum atomic E-state index is -0.511. The molecule has 2 N–H and O–H groups in total. The van der Waals surface area contributed by atoms with E-state index in [1.54, 1.807) is 18.3 Å². The van der Waals surface area contributed by atoms with Gasteiger partial charge in [0.15, 0.2) is 0 Å². The average molecular weight is 1740 g/mol. The zero-order valence-electron chi connectivity index (χ0n) is 67.8. The molecular formula is C100H99Cl2N7O4Ru2-2. The normalized spacial score (nSPS) is 14.0. The van der Waals surface area contributed by atoms with Crippen LogP contribution in [-0.4, -0.2) is 62.0 Å². The second kappa shape index (κ2) is 40.0. The molecule has 0 radical (unpaired) electrons. The fourth-order valence-electron chi connectivity index (χ4n) is 15.4. The number of fused-ring (bicyclic) bond motifs is 2. The summed E-state index contributed by atoms with van der Waals surface area (Å²) in [6, 6.07) is 82.6. The molecule has 16 rings (SSSR count). The number of phenolic OH excluding ortho intramolecular Hbond substituents is 2. The van der Waals surface area contributed by atoms with Crippen molar-refractivity contribution in [3.05, 3.63) is 407 Å². The molecule has 15 heteroatoms. The maximum atomic E-state index is 10.7. The topological polar surface area (TPSA) is 121 Å². The first kappa shape index (κ1) is 85.1. The van der Waals surface area contributed by atoms with Gasteiger partial charge in [-0.05, 0) is 183 Å². The summed E-state index contributed by atoms with van der Waals surface area (Å²) in [6.45, 7) is 39.1. The summed E-state index contributed by atoms with van der Waals surface area (Å²) in [5, 5.41) is 29.8. The van der Waals surface area contributed by atoms with E-state index in [-0.39, 0.29) is 48.6 Å². The van der Waals surface area contributed by atoms with E-state index < -0.39 is 4.92 Å². The van der Waals surface area contributed by atoms with E-state index in [9.17, 15) is 20.3 Å². The van der Waals surface area contributed by atoms with Crippen molar-refractivity contribution in [2.45, 2.75) is 96.9 Å². The Kier molecular flexibility index (Phi) is 29.6. The van der Waals surface area contributed by atoms with Gasteiger partial charge in [0.1, 0.15) is 11.5 Å². The Balaban J connectivity index is 0.000000137. The number of aliphatic imine (C=N–C) groups is 2. The Morgan fingerprint density at radius 2 is 0.704 bits per heavy atom. The fraction of sp³-hybridized carbons (Fsp3) is 0.180. The Morgan fingerprint density at radius 3 is 1.08 bits per heavy atom. The summed E-state index contributed by atoms with van der Waals surface area (Å²) < 4.78 is 2.60. The molecule has 12 aromatic rings. The molecule has 2 aliphatic heterocycles. The van der Waals surface area contributed by atoms with Gasteiger partial charge in [-0.3, -0.25) is 20.1 Å². The molecule has 115 heavy (non-hydrogen) atoms. The van der Waals surface area contributed by atoms with Crippen molar-refractivity contribution in [3.8, 4) is 11.5 Å². The molecule has 12 aromatic carbocycles. The van der Waals surface area contributed by atoms with Gasteiger partial charge in [0.25, 0.3) is 5.69 Å². The maximum absolute atomic E-state index is 10.7. The summed E-state index contributed by atoms with van der Waals surface area (Å²) in [6.07, 6.45) is 7.57. The van der Waals surface area contributed by atoms with E-state index in [1.165, 1.54) is 167 Å². The second-order valence-electron chi connectivity index (χ2n) is 29.4. The number of nitro groups is 1. The monoisotopic (exact) mass is 1740 g/mol. The summed E-state index contributed by atoms with van der Waals surface area (Å²) in [7, 11) is 12.2. The fourth-order valence-corrected chi connectivity index (χ4v) is 18.5. The summed E-state index contributed by atoms with van der Waals surface area (Å²) in [5.41, 5.74) is 36.9. The number of para-hydroxylation sites is 2. The molecule has 2 fully saturated rings. The number of nitro benzene ring substituents is 1. The molecule has 0 bridgehead atoms. The van der Waals surface area contributed by atoms with Crippen molar-refractivity contribution < 1.29 is 46.5 Å². The third-order valence-corrected chi connectivity index (χ3v) is 24.0. The first-order valence-corrected chi connectivity index (χ1v) is 44.6. The zero-order valence-corrected chi connectivity index (χ0v) is 72.8. The number of halogens is 2. The Hall–Kier alpha value is -10.8. The number of benzene rings is 12. The molecule has 2 heterocycles. The van der Waals surface area contributed by atoms with Crippen molar-refractivity contribution in [1.29, 1.82) is 0 Å². The van der Waals surface area contributed by atoms with Crippen LogP contribution in [0.4, 0.5) is 39.8 Å². The molecule has 0 unspecified atom stereocenters. The minimum absolute atomic E-state index is 0.0403.